The topological polar surface area (TPSA) is 173 Å². The monoisotopic (exact) mass is 774 g/mol. The summed E-state index contributed by atoms with van der Waals surface area (Å²) in [6, 6.07) is 0. The van der Waals surface area contributed by atoms with Gasteiger partial charge < -0.3 is 71.1 Å². The molecule has 0 spiro atoms. The molecule has 0 atom stereocenters. The van der Waals surface area contributed by atoms with Crippen LogP contribution in [-0.4, -0.2) is 196 Å². The standard InChI is InChI=1S/C36H70O17/c1-5-52-34(37)6-8-39-10-12-41-14-16-43-18-20-45-22-24-47-26-28-49-30-32-51-33-31-50-29-27-48-25-23-46-21-19-44-17-15-42-13-11-40-9-7-35(38)53-36(2,3)4/h5-33H2,1-4H3. The minimum Gasteiger partial charge on any atom is -0.466 e. The van der Waals surface area contributed by atoms with E-state index in [0.717, 1.165) is 0 Å². The number of rotatable bonds is 43. The summed E-state index contributed by atoms with van der Waals surface area (Å²) in [5.74, 6) is -0.524. The number of hydrogen-bond acceptors (Lipinski definition) is 17. The van der Waals surface area contributed by atoms with Crippen LogP contribution >= 0.6 is 0 Å². The third-order valence-electron chi connectivity index (χ3n) is 6.09. The quantitative estimate of drug-likeness (QED) is 0.0649. The number of carbonyl (C=O) groups is 2. The summed E-state index contributed by atoms with van der Waals surface area (Å²) in [7, 11) is 0. The average Bonchev–Trinajstić information content (AvgIpc) is 3.11. The van der Waals surface area contributed by atoms with Gasteiger partial charge in [-0.3, -0.25) is 9.59 Å². The molecule has 0 fully saturated rings. The smallest absolute Gasteiger partial charge is 0.308 e. The Hall–Kier alpha value is -1.58. The molecule has 0 amide bonds. The molecular formula is C36H70O17. The summed E-state index contributed by atoms with van der Waals surface area (Å²) >= 11 is 0. The number of hydrogen-bond donors (Lipinski definition) is 0. The van der Waals surface area contributed by atoms with Crippen molar-refractivity contribution in [2.24, 2.45) is 0 Å². The third kappa shape index (κ3) is 46.5. The summed E-state index contributed by atoms with van der Waals surface area (Å²) in [6.45, 7) is 19.6. The van der Waals surface area contributed by atoms with E-state index in [-0.39, 0.29) is 24.8 Å². The molecular weight excluding hydrogens is 704 g/mol. The molecule has 0 N–H and O–H groups in total. The van der Waals surface area contributed by atoms with E-state index >= 15 is 0 Å². The molecule has 316 valence electrons. The van der Waals surface area contributed by atoms with Crippen molar-refractivity contribution in [2.75, 3.05) is 178 Å². The van der Waals surface area contributed by atoms with Crippen LogP contribution in [0.3, 0.4) is 0 Å². The van der Waals surface area contributed by atoms with Gasteiger partial charge in [0.25, 0.3) is 0 Å². The van der Waals surface area contributed by atoms with Crippen LogP contribution in [0.25, 0.3) is 0 Å². The van der Waals surface area contributed by atoms with Gasteiger partial charge in [0.15, 0.2) is 0 Å². The van der Waals surface area contributed by atoms with E-state index in [4.69, 9.17) is 71.1 Å². The Labute approximate surface area is 317 Å². The molecule has 0 rings (SSSR count). The van der Waals surface area contributed by atoms with Gasteiger partial charge in [-0.2, -0.15) is 0 Å². The van der Waals surface area contributed by atoms with Crippen LogP contribution in [0.2, 0.25) is 0 Å². The molecule has 17 heteroatoms. The van der Waals surface area contributed by atoms with E-state index in [1.165, 1.54) is 0 Å². The molecule has 0 aliphatic rings. The van der Waals surface area contributed by atoms with Crippen LogP contribution in [-0.2, 0) is 80.6 Å². The zero-order chi connectivity index (χ0) is 38.8. The molecule has 0 aromatic heterocycles. The van der Waals surface area contributed by atoms with E-state index in [9.17, 15) is 9.59 Å². The summed E-state index contributed by atoms with van der Waals surface area (Å²) in [6.07, 6.45) is 0.478. The Balaban J connectivity index is 3.11. The highest BCUT2D eigenvalue weighted by atomic mass is 16.6. The third-order valence-corrected chi connectivity index (χ3v) is 6.09. The highest BCUT2D eigenvalue weighted by Crippen LogP contribution is 2.08. The van der Waals surface area contributed by atoms with Gasteiger partial charge in [-0.15, -0.1) is 0 Å². The van der Waals surface area contributed by atoms with Crippen molar-refractivity contribution in [3.63, 3.8) is 0 Å². The van der Waals surface area contributed by atoms with Crippen molar-refractivity contribution < 1.29 is 80.6 Å². The lowest BCUT2D eigenvalue weighted by Gasteiger charge is -2.19. The first-order chi connectivity index (χ1) is 25.8. The van der Waals surface area contributed by atoms with E-state index in [1.807, 2.05) is 20.8 Å². The molecule has 0 aromatic rings. The van der Waals surface area contributed by atoms with Gasteiger partial charge >= 0.3 is 11.9 Å². The van der Waals surface area contributed by atoms with Crippen LogP contribution < -0.4 is 0 Å². The normalized spacial score (nSPS) is 11.7. The van der Waals surface area contributed by atoms with Gasteiger partial charge in [-0.25, -0.2) is 0 Å². The molecule has 0 saturated carbocycles. The maximum absolute atomic E-state index is 11.6. The predicted molar refractivity (Wildman–Crippen MR) is 192 cm³/mol. The fourth-order valence-corrected chi connectivity index (χ4v) is 3.68. The molecule has 0 saturated heterocycles. The predicted octanol–water partition coefficient (Wildman–Crippen LogP) is 1.89. The van der Waals surface area contributed by atoms with Crippen LogP contribution in [0.5, 0.6) is 0 Å². The van der Waals surface area contributed by atoms with Crippen LogP contribution in [0.4, 0.5) is 0 Å². The summed E-state index contributed by atoms with van der Waals surface area (Å²) in [5.41, 5.74) is -0.478. The van der Waals surface area contributed by atoms with Gasteiger partial charge in [-0.05, 0) is 27.7 Å². The van der Waals surface area contributed by atoms with Gasteiger partial charge in [0.05, 0.1) is 191 Å². The number of ether oxygens (including phenoxy) is 15. The van der Waals surface area contributed by atoms with Gasteiger partial charge in [0.2, 0.25) is 0 Å². The molecule has 0 aliphatic heterocycles. The molecule has 0 radical (unpaired) electrons. The Kier molecular flexibility index (Phi) is 40.3. The summed E-state index contributed by atoms with van der Waals surface area (Å²) in [5, 5.41) is 0. The van der Waals surface area contributed by atoms with Crippen molar-refractivity contribution in [3.05, 3.63) is 0 Å². The molecule has 0 aromatic carbocycles. The second-order valence-electron chi connectivity index (χ2n) is 11.9. The molecule has 0 heterocycles. The number of esters is 2. The lowest BCUT2D eigenvalue weighted by molar-refractivity contribution is -0.156. The Morgan fingerprint density at radius 1 is 0.321 bits per heavy atom. The number of carbonyl (C=O) groups excluding carboxylic acids is 2. The van der Waals surface area contributed by atoms with Crippen LogP contribution in [0.15, 0.2) is 0 Å². The second-order valence-corrected chi connectivity index (χ2v) is 11.9. The van der Waals surface area contributed by atoms with Crippen LogP contribution in [0.1, 0.15) is 40.5 Å². The van der Waals surface area contributed by atoms with E-state index in [2.05, 4.69) is 0 Å². The Bertz CT molecular complexity index is 769. The van der Waals surface area contributed by atoms with Gasteiger partial charge in [0.1, 0.15) is 5.60 Å². The van der Waals surface area contributed by atoms with Crippen molar-refractivity contribution in [1.29, 1.82) is 0 Å². The highest BCUT2D eigenvalue weighted by molar-refractivity contribution is 5.70. The highest BCUT2D eigenvalue weighted by Gasteiger charge is 2.15. The zero-order valence-electron chi connectivity index (χ0n) is 32.9. The molecule has 0 unspecified atom stereocenters. The fourth-order valence-electron chi connectivity index (χ4n) is 3.68. The van der Waals surface area contributed by atoms with Crippen LogP contribution in [0, 0.1) is 0 Å². The zero-order valence-corrected chi connectivity index (χ0v) is 32.9. The molecule has 0 bridgehead atoms. The van der Waals surface area contributed by atoms with Crippen molar-refractivity contribution in [3.8, 4) is 0 Å². The van der Waals surface area contributed by atoms with E-state index in [0.29, 0.717) is 178 Å². The van der Waals surface area contributed by atoms with Crippen molar-refractivity contribution >= 4 is 11.9 Å². The van der Waals surface area contributed by atoms with E-state index in [1.54, 1.807) is 6.92 Å². The Morgan fingerprint density at radius 3 is 0.698 bits per heavy atom. The minimum atomic E-state index is -0.478. The fraction of sp³-hybridized carbons (Fsp3) is 0.944. The minimum absolute atomic E-state index is 0.227. The van der Waals surface area contributed by atoms with Gasteiger partial charge in [0, 0.05) is 0 Å². The molecule has 0 aliphatic carbocycles. The molecule has 17 nitrogen and oxygen atoms in total. The lowest BCUT2D eigenvalue weighted by atomic mass is 10.2. The summed E-state index contributed by atoms with van der Waals surface area (Å²) < 4.78 is 80.7. The first-order valence-electron chi connectivity index (χ1n) is 18.7. The van der Waals surface area contributed by atoms with E-state index < -0.39 is 5.60 Å². The largest absolute Gasteiger partial charge is 0.466 e. The van der Waals surface area contributed by atoms with Crippen molar-refractivity contribution in [1.82, 2.24) is 0 Å². The first-order valence-corrected chi connectivity index (χ1v) is 18.7. The van der Waals surface area contributed by atoms with Gasteiger partial charge in [-0.1, -0.05) is 0 Å². The Morgan fingerprint density at radius 2 is 0.509 bits per heavy atom. The maximum atomic E-state index is 11.6. The average molecular weight is 775 g/mol. The lowest BCUT2D eigenvalue weighted by Crippen LogP contribution is -2.24. The maximum Gasteiger partial charge on any atom is 0.308 e. The second kappa shape index (κ2) is 41.6. The van der Waals surface area contributed by atoms with Crippen molar-refractivity contribution in [2.45, 2.75) is 46.1 Å². The molecule has 53 heavy (non-hydrogen) atoms. The SMILES string of the molecule is CCOC(=O)CCOCCOCCOCCOCCOCCOCCOCCOCCOCCOCCOCCOCCOCCC(=O)OC(C)(C)C. The first kappa shape index (κ1) is 51.4. The summed E-state index contributed by atoms with van der Waals surface area (Å²) in [4.78, 5) is 22.7.